The summed E-state index contributed by atoms with van der Waals surface area (Å²) in [4.78, 5) is 35.2. The lowest BCUT2D eigenvalue weighted by atomic mass is 9.85. The van der Waals surface area contributed by atoms with Gasteiger partial charge in [-0.1, -0.05) is 0 Å². The van der Waals surface area contributed by atoms with Gasteiger partial charge in [-0.2, -0.15) is 0 Å². The zero-order chi connectivity index (χ0) is 12.6. The van der Waals surface area contributed by atoms with Crippen LogP contribution in [0.5, 0.6) is 0 Å². The minimum atomic E-state index is -1.13. The highest BCUT2D eigenvalue weighted by Crippen LogP contribution is 2.33. The monoisotopic (exact) mass is 241 g/mol. The number of hydrogen-bond acceptors (Lipinski definition) is 3. The number of carbonyl (C=O) groups excluding carboxylic acids is 1. The zero-order valence-corrected chi connectivity index (χ0v) is 9.33. The molecule has 2 unspecified atom stereocenters. The third-order valence-electron chi connectivity index (χ3n) is 3.49. The Kier molecular flexibility index (Phi) is 3.04. The van der Waals surface area contributed by atoms with Gasteiger partial charge in [-0.15, -0.1) is 0 Å². The normalized spacial score (nSPS) is 28.8. The molecular formula is C11H15NO5. The van der Waals surface area contributed by atoms with Crippen LogP contribution in [0.25, 0.3) is 0 Å². The summed E-state index contributed by atoms with van der Waals surface area (Å²) in [5.74, 6) is -4.05. The molecule has 1 aliphatic heterocycles. The Labute approximate surface area is 98.2 Å². The SMILES string of the molecule is O=C(O)C1CCN(C(=O)C2CC2)CC1C(=O)O. The summed E-state index contributed by atoms with van der Waals surface area (Å²) in [7, 11) is 0. The summed E-state index contributed by atoms with van der Waals surface area (Å²) >= 11 is 0. The van der Waals surface area contributed by atoms with Crippen LogP contribution in [0.15, 0.2) is 0 Å². The first kappa shape index (κ1) is 11.9. The molecule has 2 aliphatic rings. The molecule has 0 bridgehead atoms. The molecule has 1 aliphatic carbocycles. The van der Waals surface area contributed by atoms with Crippen molar-refractivity contribution in [2.45, 2.75) is 19.3 Å². The first-order valence-corrected chi connectivity index (χ1v) is 5.75. The van der Waals surface area contributed by atoms with Crippen LogP contribution in [0.2, 0.25) is 0 Å². The average Bonchev–Trinajstić information content (AvgIpc) is 3.10. The number of likely N-dealkylation sites (tertiary alicyclic amines) is 1. The van der Waals surface area contributed by atoms with Gasteiger partial charge in [0, 0.05) is 19.0 Å². The molecule has 0 spiro atoms. The van der Waals surface area contributed by atoms with E-state index in [1.165, 1.54) is 4.90 Å². The third-order valence-corrected chi connectivity index (χ3v) is 3.49. The summed E-state index contributed by atoms with van der Waals surface area (Å²) in [6.07, 6.45) is 1.97. The number of aliphatic carboxylic acids is 2. The van der Waals surface area contributed by atoms with Crippen molar-refractivity contribution < 1.29 is 24.6 Å². The fraction of sp³-hybridized carbons (Fsp3) is 0.727. The second-order valence-corrected chi connectivity index (χ2v) is 4.74. The van der Waals surface area contributed by atoms with Gasteiger partial charge in [0.2, 0.25) is 5.91 Å². The van der Waals surface area contributed by atoms with Crippen LogP contribution in [0.3, 0.4) is 0 Å². The molecule has 0 aromatic rings. The van der Waals surface area contributed by atoms with Gasteiger partial charge in [0.1, 0.15) is 0 Å². The number of carbonyl (C=O) groups is 3. The van der Waals surface area contributed by atoms with Gasteiger partial charge >= 0.3 is 11.9 Å². The Morgan fingerprint density at radius 2 is 1.53 bits per heavy atom. The van der Waals surface area contributed by atoms with Crippen molar-refractivity contribution >= 4 is 17.8 Å². The van der Waals surface area contributed by atoms with Crippen molar-refractivity contribution in [3.8, 4) is 0 Å². The van der Waals surface area contributed by atoms with Gasteiger partial charge in [0.25, 0.3) is 0 Å². The predicted octanol–water partition coefficient (Wildman–Crippen LogP) is 0.0303. The van der Waals surface area contributed by atoms with Gasteiger partial charge in [-0.05, 0) is 19.3 Å². The lowest BCUT2D eigenvalue weighted by Gasteiger charge is -2.34. The van der Waals surface area contributed by atoms with Gasteiger partial charge in [0.15, 0.2) is 0 Å². The van der Waals surface area contributed by atoms with E-state index in [2.05, 4.69) is 0 Å². The minimum Gasteiger partial charge on any atom is -0.481 e. The van der Waals surface area contributed by atoms with E-state index in [0.29, 0.717) is 6.54 Å². The van der Waals surface area contributed by atoms with Crippen molar-refractivity contribution in [3.05, 3.63) is 0 Å². The second-order valence-electron chi connectivity index (χ2n) is 4.74. The molecule has 2 rings (SSSR count). The predicted molar refractivity (Wildman–Crippen MR) is 56.2 cm³/mol. The minimum absolute atomic E-state index is 0.0138. The van der Waals surface area contributed by atoms with E-state index >= 15 is 0 Å². The number of carboxylic acid groups (broad SMARTS) is 2. The molecule has 1 saturated heterocycles. The van der Waals surface area contributed by atoms with Crippen LogP contribution >= 0.6 is 0 Å². The van der Waals surface area contributed by atoms with Crippen LogP contribution in [0.1, 0.15) is 19.3 Å². The van der Waals surface area contributed by atoms with Gasteiger partial charge in [-0.3, -0.25) is 14.4 Å². The van der Waals surface area contributed by atoms with Gasteiger partial charge in [0.05, 0.1) is 11.8 Å². The van der Waals surface area contributed by atoms with E-state index in [-0.39, 0.29) is 24.8 Å². The van der Waals surface area contributed by atoms with Crippen LogP contribution in [0.4, 0.5) is 0 Å². The molecule has 94 valence electrons. The molecule has 1 amide bonds. The van der Waals surface area contributed by atoms with E-state index in [1.54, 1.807) is 0 Å². The molecule has 1 saturated carbocycles. The highest BCUT2D eigenvalue weighted by molar-refractivity contribution is 5.84. The lowest BCUT2D eigenvalue weighted by Crippen LogP contribution is -2.49. The van der Waals surface area contributed by atoms with E-state index in [9.17, 15) is 14.4 Å². The van der Waals surface area contributed by atoms with Gasteiger partial charge < -0.3 is 15.1 Å². The highest BCUT2D eigenvalue weighted by Gasteiger charge is 2.42. The summed E-state index contributed by atoms with van der Waals surface area (Å²) in [5.41, 5.74) is 0. The standard InChI is InChI=1S/C11H15NO5/c13-9(6-1-2-6)12-4-3-7(10(14)15)8(5-12)11(16)17/h6-8H,1-5H2,(H,14,15)(H,16,17). The third kappa shape index (κ3) is 2.40. The number of piperidine rings is 1. The molecule has 0 radical (unpaired) electrons. The smallest absolute Gasteiger partial charge is 0.309 e. The summed E-state index contributed by atoms with van der Waals surface area (Å²) in [5, 5.41) is 17.9. The molecule has 6 nitrogen and oxygen atoms in total. The Morgan fingerprint density at radius 3 is 2.00 bits per heavy atom. The molecule has 0 aromatic heterocycles. The molecule has 17 heavy (non-hydrogen) atoms. The Hall–Kier alpha value is -1.59. The lowest BCUT2D eigenvalue weighted by molar-refractivity contribution is -0.159. The first-order valence-electron chi connectivity index (χ1n) is 5.75. The molecule has 1 heterocycles. The molecule has 6 heteroatoms. The molecule has 2 fully saturated rings. The van der Waals surface area contributed by atoms with Crippen molar-refractivity contribution in [2.24, 2.45) is 17.8 Å². The first-order chi connectivity index (χ1) is 8.00. The number of nitrogens with zero attached hydrogens (tertiary/aromatic N) is 1. The number of hydrogen-bond donors (Lipinski definition) is 2. The fourth-order valence-corrected chi connectivity index (χ4v) is 2.29. The second kappa shape index (κ2) is 4.35. The zero-order valence-electron chi connectivity index (χ0n) is 9.33. The van der Waals surface area contributed by atoms with Crippen molar-refractivity contribution in [2.75, 3.05) is 13.1 Å². The van der Waals surface area contributed by atoms with E-state index in [4.69, 9.17) is 10.2 Å². The van der Waals surface area contributed by atoms with E-state index < -0.39 is 23.8 Å². The molecule has 2 atom stereocenters. The summed E-state index contributed by atoms with van der Waals surface area (Å²) in [6, 6.07) is 0. The number of carboxylic acids is 2. The summed E-state index contributed by atoms with van der Waals surface area (Å²) < 4.78 is 0. The fourth-order valence-electron chi connectivity index (χ4n) is 2.29. The maximum absolute atomic E-state index is 11.8. The maximum Gasteiger partial charge on any atom is 0.309 e. The average molecular weight is 241 g/mol. The summed E-state index contributed by atoms with van der Waals surface area (Å²) in [6.45, 7) is 0.387. The Balaban J connectivity index is 2.05. The van der Waals surface area contributed by atoms with Crippen LogP contribution < -0.4 is 0 Å². The topological polar surface area (TPSA) is 94.9 Å². The Bertz CT molecular complexity index is 363. The van der Waals surface area contributed by atoms with Crippen molar-refractivity contribution in [1.82, 2.24) is 4.90 Å². The largest absolute Gasteiger partial charge is 0.481 e. The van der Waals surface area contributed by atoms with Crippen LogP contribution in [-0.4, -0.2) is 46.0 Å². The van der Waals surface area contributed by atoms with Crippen molar-refractivity contribution in [1.29, 1.82) is 0 Å². The maximum atomic E-state index is 11.8. The quantitative estimate of drug-likeness (QED) is 0.726. The highest BCUT2D eigenvalue weighted by atomic mass is 16.4. The Morgan fingerprint density at radius 1 is 0.941 bits per heavy atom. The van der Waals surface area contributed by atoms with Crippen LogP contribution in [-0.2, 0) is 14.4 Å². The van der Waals surface area contributed by atoms with Gasteiger partial charge in [-0.25, -0.2) is 0 Å². The molecular weight excluding hydrogens is 226 g/mol. The number of rotatable bonds is 3. The van der Waals surface area contributed by atoms with Crippen LogP contribution in [0, 0.1) is 17.8 Å². The molecule has 2 N–H and O–H groups in total. The van der Waals surface area contributed by atoms with E-state index in [0.717, 1.165) is 12.8 Å². The van der Waals surface area contributed by atoms with Crippen molar-refractivity contribution in [3.63, 3.8) is 0 Å². The number of amides is 1. The van der Waals surface area contributed by atoms with E-state index in [1.807, 2.05) is 0 Å². The molecule has 0 aromatic carbocycles.